The highest BCUT2D eigenvalue weighted by Gasteiger charge is 2.32. The van der Waals surface area contributed by atoms with Crippen LogP contribution in [0.2, 0.25) is 0 Å². The lowest BCUT2D eigenvalue weighted by molar-refractivity contribution is -0.126. The van der Waals surface area contributed by atoms with Crippen molar-refractivity contribution in [3.8, 4) is 0 Å². The summed E-state index contributed by atoms with van der Waals surface area (Å²) in [5.74, 6) is 0.470. The van der Waals surface area contributed by atoms with E-state index in [-0.39, 0.29) is 18.5 Å². The minimum absolute atomic E-state index is 0.00258. The molecule has 2 N–H and O–H groups in total. The molecule has 2 rings (SSSR count). The summed E-state index contributed by atoms with van der Waals surface area (Å²) < 4.78 is 5.20. The molecule has 2 atom stereocenters. The van der Waals surface area contributed by atoms with Crippen molar-refractivity contribution < 1.29 is 14.3 Å². The van der Waals surface area contributed by atoms with E-state index in [1.165, 1.54) is 6.26 Å². The second kappa shape index (κ2) is 6.41. The maximum Gasteiger partial charge on any atom is 0.237 e. The molecule has 1 aliphatic heterocycles. The monoisotopic (exact) mass is 280 g/mol. The van der Waals surface area contributed by atoms with E-state index in [4.69, 9.17) is 4.42 Å². The van der Waals surface area contributed by atoms with Crippen LogP contribution in [0.1, 0.15) is 38.9 Å². The molecule has 112 valence electrons. The SMILES string of the molecule is CCCN1CCCC1C(=O)NCC(C)(O)c1ccco1. The van der Waals surface area contributed by atoms with E-state index in [2.05, 4.69) is 17.1 Å². The van der Waals surface area contributed by atoms with E-state index >= 15 is 0 Å². The van der Waals surface area contributed by atoms with Gasteiger partial charge in [-0.15, -0.1) is 0 Å². The van der Waals surface area contributed by atoms with Crippen LogP contribution >= 0.6 is 0 Å². The van der Waals surface area contributed by atoms with Crippen LogP contribution in [0.3, 0.4) is 0 Å². The van der Waals surface area contributed by atoms with Gasteiger partial charge >= 0.3 is 0 Å². The van der Waals surface area contributed by atoms with Crippen molar-refractivity contribution in [3.05, 3.63) is 24.2 Å². The lowest BCUT2D eigenvalue weighted by Crippen LogP contribution is -2.47. The molecule has 20 heavy (non-hydrogen) atoms. The van der Waals surface area contributed by atoms with Gasteiger partial charge in [-0.25, -0.2) is 0 Å². The molecule has 0 aromatic carbocycles. The van der Waals surface area contributed by atoms with Gasteiger partial charge in [-0.1, -0.05) is 6.92 Å². The third-order valence-corrected chi connectivity index (χ3v) is 3.84. The van der Waals surface area contributed by atoms with Gasteiger partial charge in [0.05, 0.1) is 18.8 Å². The molecule has 0 radical (unpaired) electrons. The quantitative estimate of drug-likeness (QED) is 0.828. The fraction of sp³-hybridized carbons (Fsp3) is 0.667. The number of nitrogens with one attached hydrogen (secondary N) is 1. The van der Waals surface area contributed by atoms with Crippen molar-refractivity contribution in [1.29, 1.82) is 0 Å². The highest BCUT2D eigenvalue weighted by molar-refractivity contribution is 5.82. The lowest BCUT2D eigenvalue weighted by Gasteiger charge is -2.26. The summed E-state index contributed by atoms with van der Waals surface area (Å²) in [5.41, 5.74) is -1.17. The molecule has 1 saturated heterocycles. The number of nitrogens with zero attached hydrogens (tertiary/aromatic N) is 1. The highest BCUT2D eigenvalue weighted by atomic mass is 16.4. The maximum absolute atomic E-state index is 12.3. The van der Waals surface area contributed by atoms with E-state index in [1.807, 2.05) is 0 Å². The van der Waals surface area contributed by atoms with Crippen LogP contribution in [0.25, 0.3) is 0 Å². The molecule has 0 saturated carbocycles. The van der Waals surface area contributed by atoms with Crippen molar-refractivity contribution in [3.63, 3.8) is 0 Å². The minimum Gasteiger partial charge on any atom is -0.466 e. The van der Waals surface area contributed by atoms with Crippen molar-refractivity contribution >= 4 is 5.91 Å². The predicted molar refractivity (Wildman–Crippen MR) is 76.2 cm³/mol. The molecule has 2 heterocycles. The number of aliphatic hydroxyl groups is 1. The smallest absolute Gasteiger partial charge is 0.237 e. The third kappa shape index (κ3) is 3.41. The van der Waals surface area contributed by atoms with Crippen LogP contribution in [0.5, 0.6) is 0 Å². The lowest BCUT2D eigenvalue weighted by atomic mass is 10.0. The Morgan fingerprint density at radius 3 is 3.10 bits per heavy atom. The van der Waals surface area contributed by atoms with E-state index in [1.54, 1.807) is 19.1 Å². The third-order valence-electron chi connectivity index (χ3n) is 3.84. The Morgan fingerprint density at radius 1 is 1.65 bits per heavy atom. The Labute approximate surface area is 119 Å². The van der Waals surface area contributed by atoms with Crippen molar-refractivity contribution in [2.75, 3.05) is 19.6 Å². The molecule has 5 nitrogen and oxygen atoms in total. The van der Waals surface area contributed by atoms with Gasteiger partial charge < -0.3 is 14.8 Å². The van der Waals surface area contributed by atoms with Gasteiger partial charge in [0, 0.05) is 0 Å². The Morgan fingerprint density at radius 2 is 2.45 bits per heavy atom. The van der Waals surface area contributed by atoms with Gasteiger partial charge in [-0.3, -0.25) is 9.69 Å². The summed E-state index contributed by atoms with van der Waals surface area (Å²) in [6.07, 6.45) is 4.53. The zero-order valence-electron chi connectivity index (χ0n) is 12.3. The van der Waals surface area contributed by atoms with Crippen molar-refractivity contribution in [1.82, 2.24) is 10.2 Å². The summed E-state index contributed by atoms with van der Waals surface area (Å²) in [7, 11) is 0. The molecule has 2 unspecified atom stereocenters. The zero-order chi connectivity index (χ0) is 14.6. The van der Waals surface area contributed by atoms with Gasteiger partial charge in [-0.2, -0.15) is 0 Å². The number of amides is 1. The van der Waals surface area contributed by atoms with E-state index in [0.29, 0.717) is 5.76 Å². The molecule has 0 aliphatic carbocycles. The van der Waals surface area contributed by atoms with Crippen molar-refractivity contribution in [2.45, 2.75) is 44.8 Å². The van der Waals surface area contributed by atoms with Crippen molar-refractivity contribution in [2.24, 2.45) is 0 Å². The molecule has 1 fully saturated rings. The largest absolute Gasteiger partial charge is 0.466 e. The molecule has 1 amide bonds. The van der Waals surface area contributed by atoms with Gasteiger partial charge in [0.15, 0.2) is 0 Å². The topological polar surface area (TPSA) is 65.7 Å². The van der Waals surface area contributed by atoms with Gasteiger partial charge in [-0.05, 0) is 51.4 Å². The molecule has 0 spiro atoms. The summed E-state index contributed by atoms with van der Waals surface area (Å²) in [4.78, 5) is 14.5. The molecule has 0 bridgehead atoms. The van der Waals surface area contributed by atoms with Crippen LogP contribution in [-0.2, 0) is 10.4 Å². The number of carbonyl (C=O) groups excluding carboxylic acids is 1. The van der Waals surface area contributed by atoms with Crippen LogP contribution in [0.4, 0.5) is 0 Å². The average Bonchev–Trinajstić information content (AvgIpc) is 3.07. The first-order valence-corrected chi connectivity index (χ1v) is 7.32. The first-order valence-electron chi connectivity index (χ1n) is 7.32. The number of rotatable bonds is 6. The summed E-state index contributed by atoms with van der Waals surface area (Å²) in [5, 5.41) is 13.2. The fourth-order valence-electron chi connectivity index (χ4n) is 2.73. The molecule has 1 aliphatic rings. The molecule has 1 aromatic heterocycles. The molecular formula is C15H24N2O3. The number of furan rings is 1. The number of carbonyl (C=O) groups is 1. The Balaban J connectivity index is 1.89. The molecular weight excluding hydrogens is 256 g/mol. The Bertz CT molecular complexity index is 428. The second-order valence-electron chi connectivity index (χ2n) is 5.66. The standard InChI is InChI=1S/C15H24N2O3/c1-3-8-17-9-4-6-12(17)14(18)16-11-15(2,19)13-7-5-10-20-13/h5,7,10,12,19H,3-4,6,8-9,11H2,1-2H3,(H,16,18). The number of hydrogen-bond acceptors (Lipinski definition) is 4. The van der Waals surface area contributed by atoms with Crippen LogP contribution in [0, 0.1) is 0 Å². The van der Waals surface area contributed by atoms with E-state index in [0.717, 1.165) is 32.4 Å². The highest BCUT2D eigenvalue weighted by Crippen LogP contribution is 2.21. The summed E-state index contributed by atoms with van der Waals surface area (Å²) >= 11 is 0. The Kier molecular flexibility index (Phi) is 4.83. The van der Waals surface area contributed by atoms with Gasteiger partial charge in [0.25, 0.3) is 0 Å². The summed E-state index contributed by atoms with van der Waals surface area (Å²) in [6.45, 7) is 5.86. The van der Waals surface area contributed by atoms with Crippen LogP contribution in [-0.4, -0.2) is 41.6 Å². The zero-order valence-corrected chi connectivity index (χ0v) is 12.3. The molecule has 1 aromatic rings. The fourth-order valence-corrected chi connectivity index (χ4v) is 2.73. The number of hydrogen-bond donors (Lipinski definition) is 2. The number of likely N-dealkylation sites (tertiary alicyclic amines) is 1. The first-order chi connectivity index (χ1) is 9.54. The van der Waals surface area contributed by atoms with Gasteiger partial charge in [0.1, 0.15) is 11.4 Å². The average molecular weight is 280 g/mol. The normalized spacial score (nSPS) is 22.6. The Hall–Kier alpha value is -1.33. The minimum atomic E-state index is -1.17. The summed E-state index contributed by atoms with van der Waals surface area (Å²) in [6, 6.07) is 3.39. The van der Waals surface area contributed by atoms with E-state index < -0.39 is 5.60 Å². The molecule has 5 heteroatoms. The van der Waals surface area contributed by atoms with Gasteiger partial charge in [0.2, 0.25) is 5.91 Å². The maximum atomic E-state index is 12.3. The second-order valence-corrected chi connectivity index (χ2v) is 5.66. The van der Waals surface area contributed by atoms with Crippen LogP contribution < -0.4 is 5.32 Å². The van der Waals surface area contributed by atoms with E-state index in [9.17, 15) is 9.90 Å². The first kappa shape index (κ1) is 15.1. The van der Waals surface area contributed by atoms with Crippen LogP contribution in [0.15, 0.2) is 22.8 Å². The predicted octanol–water partition coefficient (Wildman–Crippen LogP) is 1.48.